The van der Waals surface area contributed by atoms with Gasteiger partial charge in [-0.1, -0.05) is 70.2 Å². The Hall–Kier alpha value is -4.53. The monoisotopic (exact) mass is 674 g/mol. The summed E-state index contributed by atoms with van der Waals surface area (Å²) in [5.74, 6) is 0.268. The van der Waals surface area contributed by atoms with Crippen molar-refractivity contribution < 1.29 is 18.0 Å². The summed E-state index contributed by atoms with van der Waals surface area (Å²) < 4.78 is 44.2. The molecule has 0 saturated heterocycles. The lowest BCUT2D eigenvalue weighted by molar-refractivity contribution is -0.141. The Kier molecular flexibility index (Phi) is 12.5. The normalized spacial score (nSPS) is 11.6. The molecule has 0 spiro atoms. The molecule has 1 amide bonds. The van der Waals surface area contributed by atoms with E-state index in [1.54, 1.807) is 35.7 Å². The first-order valence-corrected chi connectivity index (χ1v) is 16.4. The number of nitrogens with one attached hydrogen (secondary N) is 1. The van der Waals surface area contributed by atoms with Gasteiger partial charge in [0.1, 0.15) is 0 Å². The van der Waals surface area contributed by atoms with Crippen LogP contribution in [0.15, 0.2) is 85.3 Å². The van der Waals surface area contributed by atoms with E-state index >= 15 is 0 Å². The van der Waals surface area contributed by atoms with Gasteiger partial charge < -0.3 is 9.88 Å². The number of carbonyl (C=O) groups is 1. The van der Waals surface area contributed by atoms with Crippen LogP contribution in [0.4, 0.5) is 18.9 Å². The number of hydrogen-bond donors (Lipinski definition) is 1. The highest BCUT2D eigenvalue weighted by molar-refractivity contribution is 7.80. The van der Waals surface area contributed by atoms with Crippen LogP contribution in [0.2, 0.25) is 0 Å². The summed E-state index contributed by atoms with van der Waals surface area (Å²) in [5, 5.41) is 15.3. The molecule has 0 aliphatic rings. The van der Waals surface area contributed by atoms with E-state index in [0.29, 0.717) is 48.3 Å². The van der Waals surface area contributed by atoms with Crippen LogP contribution in [-0.2, 0) is 30.5 Å². The number of benzene rings is 3. The Morgan fingerprint density at radius 1 is 1.02 bits per heavy atom. The Morgan fingerprint density at radius 3 is 2.33 bits per heavy atom. The number of anilines is 1. The summed E-state index contributed by atoms with van der Waals surface area (Å²) in [6, 6.07) is 22.4. The predicted octanol–water partition coefficient (Wildman–Crippen LogP) is 8.57. The molecule has 1 aromatic heterocycles. The van der Waals surface area contributed by atoms with Crippen LogP contribution in [0, 0.1) is 17.2 Å². The van der Waals surface area contributed by atoms with Gasteiger partial charge in [0.25, 0.3) is 0 Å². The highest BCUT2D eigenvalue weighted by atomic mass is 32.1. The Labute approximate surface area is 286 Å². The van der Waals surface area contributed by atoms with Gasteiger partial charge in [0, 0.05) is 37.2 Å². The first-order chi connectivity index (χ1) is 22.8. The summed E-state index contributed by atoms with van der Waals surface area (Å²) in [4.78, 5) is 18.6. The van der Waals surface area contributed by atoms with Crippen LogP contribution in [-0.4, -0.2) is 37.1 Å². The smallest absolute Gasteiger partial charge is 0.331 e. The van der Waals surface area contributed by atoms with Crippen molar-refractivity contribution in [3.8, 4) is 6.07 Å². The van der Waals surface area contributed by atoms with Crippen molar-refractivity contribution in [1.82, 2.24) is 19.6 Å². The maximum absolute atomic E-state index is 14.3. The van der Waals surface area contributed by atoms with Gasteiger partial charge in [-0.3, -0.25) is 4.79 Å². The number of aromatic nitrogens is 2. The van der Waals surface area contributed by atoms with E-state index in [2.05, 4.69) is 44.1 Å². The van der Waals surface area contributed by atoms with Crippen LogP contribution in [0.25, 0.3) is 0 Å². The van der Waals surface area contributed by atoms with Crippen LogP contribution in [0.5, 0.6) is 0 Å². The summed E-state index contributed by atoms with van der Waals surface area (Å²) in [6.07, 6.45) is 0.00237. The summed E-state index contributed by atoms with van der Waals surface area (Å²) in [7, 11) is 0. The van der Waals surface area contributed by atoms with E-state index in [4.69, 9.17) is 17.5 Å². The van der Waals surface area contributed by atoms with Gasteiger partial charge in [-0.25, -0.2) is 15.0 Å². The number of nitriles is 1. The molecule has 48 heavy (non-hydrogen) atoms. The average molecular weight is 675 g/mol. The number of halogens is 3. The van der Waals surface area contributed by atoms with Gasteiger partial charge in [0.15, 0.2) is 5.11 Å². The van der Waals surface area contributed by atoms with Gasteiger partial charge in [0.05, 0.1) is 29.9 Å². The molecule has 252 valence electrons. The molecular formula is C37H41F3N6OS. The molecular weight excluding hydrogens is 634 g/mol. The fourth-order valence-corrected chi connectivity index (χ4v) is 5.67. The minimum absolute atomic E-state index is 0.0438. The molecule has 0 atom stereocenters. The second kappa shape index (κ2) is 16.5. The number of hydrazine groups is 1. The van der Waals surface area contributed by atoms with Crippen molar-refractivity contribution in [3.05, 3.63) is 119 Å². The third-order valence-electron chi connectivity index (χ3n) is 7.98. The highest BCUT2D eigenvalue weighted by Gasteiger charge is 2.35. The number of nitrogens with zero attached hydrogens (tertiary/aromatic N) is 5. The molecule has 0 saturated carbocycles. The number of amides is 1. The van der Waals surface area contributed by atoms with Gasteiger partial charge >= 0.3 is 6.18 Å². The van der Waals surface area contributed by atoms with Crippen LogP contribution in [0.3, 0.4) is 0 Å². The minimum atomic E-state index is -4.57. The summed E-state index contributed by atoms with van der Waals surface area (Å²) in [6.45, 7) is 8.87. The lowest BCUT2D eigenvalue weighted by Gasteiger charge is -2.36. The molecule has 1 heterocycles. The first kappa shape index (κ1) is 36.3. The number of thiocarbonyl (C=S) groups is 1. The second-order valence-electron chi connectivity index (χ2n) is 12.5. The zero-order valence-corrected chi connectivity index (χ0v) is 28.5. The van der Waals surface area contributed by atoms with Crippen molar-refractivity contribution in [3.63, 3.8) is 0 Å². The summed E-state index contributed by atoms with van der Waals surface area (Å²) >= 11 is 5.86. The molecule has 0 fully saturated rings. The highest BCUT2D eigenvalue weighted by Crippen LogP contribution is 2.33. The average Bonchev–Trinajstić information content (AvgIpc) is 3.47. The van der Waals surface area contributed by atoms with Crippen molar-refractivity contribution in [2.75, 3.05) is 11.9 Å². The molecule has 0 radical (unpaired) electrons. The summed E-state index contributed by atoms with van der Waals surface area (Å²) in [5.41, 5.74) is 3.15. The third kappa shape index (κ3) is 9.99. The van der Waals surface area contributed by atoms with E-state index in [1.165, 1.54) is 17.1 Å². The Balaban J connectivity index is 1.69. The molecule has 4 aromatic rings. The van der Waals surface area contributed by atoms with E-state index in [9.17, 15) is 18.0 Å². The number of carbonyl (C=O) groups excluding carboxylic acids is 1. The number of imidazole rings is 1. The SMILES string of the molecule is CC(C)CCCN(Cc1ccccc1C(F)(F)F)N(C(=O)Cc1cncn1Cc1ccc(C#N)cc1)C(=S)Nc1ccc(C(C)C)cc1. The topological polar surface area (TPSA) is 77.2 Å². The van der Waals surface area contributed by atoms with Crippen molar-refractivity contribution >= 4 is 28.9 Å². The maximum atomic E-state index is 14.3. The molecule has 3 aromatic carbocycles. The van der Waals surface area contributed by atoms with Crippen molar-refractivity contribution in [2.45, 2.75) is 72.1 Å². The zero-order chi connectivity index (χ0) is 34.8. The standard InChI is InChI=1S/C37H41F3N6OS/c1-26(2)8-7-19-45(24-31-9-5-6-10-34(31)37(38,39)40)46(36(48)43-32-17-15-30(16-18-32)27(3)4)35(47)20-33-22-42-25-44(33)23-29-13-11-28(21-41)12-14-29/h5-6,9-18,22,25-27H,7-8,19-20,23-24H2,1-4H3,(H,43,48). The maximum Gasteiger partial charge on any atom is 0.416 e. The fraction of sp³-hybridized carbons (Fsp3) is 0.351. The van der Waals surface area contributed by atoms with Gasteiger partial charge in [-0.2, -0.15) is 18.4 Å². The quantitative estimate of drug-likeness (QED) is 0.113. The van der Waals surface area contributed by atoms with Crippen molar-refractivity contribution in [2.24, 2.45) is 5.92 Å². The Bertz CT molecular complexity index is 1710. The molecule has 0 unspecified atom stereocenters. The molecule has 7 nitrogen and oxygen atoms in total. The molecule has 0 aliphatic carbocycles. The van der Waals surface area contributed by atoms with E-state index < -0.39 is 17.6 Å². The largest absolute Gasteiger partial charge is 0.416 e. The lowest BCUT2D eigenvalue weighted by Crippen LogP contribution is -2.52. The van der Waals surface area contributed by atoms with Crippen LogP contribution >= 0.6 is 12.2 Å². The zero-order valence-electron chi connectivity index (χ0n) is 27.7. The van der Waals surface area contributed by atoms with Crippen LogP contribution < -0.4 is 5.32 Å². The van der Waals surface area contributed by atoms with Gasteiger partial charge in [-0.05, 0) is 83.9 Å². The number of hydrogen-bond acceptors (Lipinski definition) is 5. The number of alkyl halides is 3. The molecule has 0 aliphatic heterocycles. The van der Waals surface area contributed by atoms with E-state index in [0.717, 1.165) is 23.6 Å². The van der Waals surface area contributed by atoms with Gasteiger partial charge in [0.2, 0.25) is 5.91 Å². The van der Waals surface area contributed by atoms with Gasteiger partial charge in [-0.15, -0.1) is 0 Å². The van der Waals surface area contributed by atoms with Crippen LogP contribution in [0.1, 0.15) is 80.0 Å². The number of rotatable bonds is 13. The fourth-order valence-electron chi connectivity index (χ4n) is 5.34. The second-order valence-corrected chi connectivity index (χ2v) is 12.9. The lowest BCUT2D eigenvalue weighted by atomic mass is 10.0. The Morgan fingerprint density at radius 2 is 1.71 bits per heavy atom. The molecule has 11 heteroatoms. The molecule has 0 bridgehead atoms. The molecule has 1 N–H and O–H groups in total. The van der Waals surface area contributed by atoms with E-state index in [1.807, 2.05) is 41.0 Å². The predicted molar refractivity (Wildman–Crippen MR) is 186 cm³/mol. The van der Waals surface area contributed by atoms with E-state index in [-0.39, 0.29) is 23.6 Å². The third-order valence-corrected chi connectivity index (χ3v) is 8.26. The van der Waals surface area contributed by atoms with Crippen molar-refractivity contribution in [1.29, 1.82) is 5.26 Å². The first-order valence-electron chi connectivity index (χ1n) is 16.0. The minimum Gasteiger partial charge on any atom is -0.331 e. The molecule has 4 rings (SSSR count).